The lowest BCUT2D eigenvalue weighted by atomic mass is 10.1. The third kappa shape index (κ3) is 5.95. The van der Waals surface area contributed by atoms with Crippen LogP contribution in [0.2, 0.25) is 5.02 Å². The van der Waals surface area contributed by atoms with E-state index in [9.17, 15) is 4.79 Å². The maximum atomic E-state index is 12.1. The average molecular weight is 420 g/mol. The number of nitrogens with zero attached hydrogens (tertiary/aromatic N) is 2. The van der Waals surface area contributed by atoms with Gasteiger partial charge in [-0.15, -0.1) is 10.2 Å². The van der Waals surface area contributed by atoms with Crippen molar-refractivity contribution in [2.45, 2.75) is 23.9 Å². The second-order valence-corrected chi connectivity index (χ2v) is 8.52. The van der Waals surface area contributed by atoms with Crippen molar-refractivity contribution >= 4 is 45.7 Å². The number of nitrogens with one attached hydrogen (secondary N) is 1. The van der Waals surface area contributed by atoms with Gasteiger partial charge in [0.2, 0.25) is 5.13 Å². The van der Waals surface area contributed by atoms with E-state index in [4.69, 9.17) is 16.3 Å². The zero-order valence-electron chi connectivity index (χ0n) is 14.9. The first-order chi connectivity index (χ1) is 13.0. The Balaban J connectivity index is 1.49. The lowest BCUT2D eigenvalue weighted by molar-refractivity contribution is -0.118. The summed E-state index contributed by atoms with van der Waals surface area (Å²) in [6, 6.07) is 13.5. The van der Waals surface area contributed by atoms with Gasteiger partial charge in [-0.2, -0.15) is 0 Å². The number of hydrogen-bond acceptors (Lipinski definition) is 6. The fourth-order valence-electron chi connectivity index (χ4n) is 2.39. The van der Waals surface area contributed by atoms with Crippen molar-refractivity contribution in [2.24, 2.45) is 0 Å². The number of carbonyl (C=O) groups excluding carboxylic acids is 1. The first-order valence-electron chi connectivity index (χ1n) is 8.20. The fourth-order valence-corrected chi connectivity index (χ4v) is 4.45. The maximum Gasteiger partial charge on any atom is 0.264 e. The average Bonchev–Trinajstić information content (AvgIpc) is 3.06. The summed E-state index contributed by atoms with van der Waals surface area (Å²) in [5.74, 6) is 1.10. The highest BCUT2D eigenvalue weighted by molar-refractivity contribution is 8.00. The highest BCUT2D eigenvalue weighted by Gasteiger charge is 2.10. The SMILES string of the molecule is Cc1cc(C)cc(OCC(=O)Nc2nnc(SCc3ccccc3Cl)s2)c1. The molecule has 8 heteroatoms. The summed E-state index contributed by atoms with van der Waals surface area (Å²) in [6.07, 6.45) is 0. The Labute approximate surface area is 171 Å². The van der Waals surface area contributed by atoms with E-state index in [-0.39, 0.29) is 12.5 Å². The van der Waals surface area contributed by atoms with Gasteiger partial charge in [0.05, 0.1) is 0 Å². The van der Waals surface area contributed by atoms with Crippen LogP contribution in [0.3, 0.4) is 0 Å². The van der Waals surface area contributed by atoms with Gasteiger partial charge in [0.1, 0.15) is 5.75 Å². The number of aromatic nitrogens is 2. The van der Waals surface area contributed by atoms with Crippen LogP contribution in [0.1, 0.15) is 16.7 Å². The lowest BCUT2D eigenvalue weighted by Crippen LogP contribution is -2.20. The van der Waals surface area contributed by atoms with Crippen LogP contribution in [0.15, 0.2) is 46.8 Å². The van der Waals surface area contributed by atoms with Crippen molar-refractivity contribution in [1.82, 2.24) is 10.2 Å². The second-order valence-electron chi connectivity index (χ2n) is 5.91. The molecule has 0 aliphatic rings. The minimum atomic E-state index is -0.270. The van der Waals surface area contributed by atoms with Crippen molar-refractivity contribution in [3.05, 3.63) is 64.2 Å². The van der Waals surface area contributed by atoms with Gasteiger partial charge in [-0.3, -0.25) is 10.1 Å². The van der Waals surface area contributed by atoms with Crippen LogP contribution in [0.4, 0.5) is 5.13 Å². The normalized spacial score (nSPS) is 10.6. The number of amides is 1. The number of halogens is 1. The highest BCUT2D eigenvalue weighted by Crippen LogP contribution is 2.30. The molecule has 0 bridgehead atoms. The number of hydrogen-bond donors (Lipinski definition) is 1. The van der Waals surface area contributed by atoms with E-state index in [1.54, 1.807) is 0 Å². The van der Waals surface area contributed by atoms with E-state index >= 15 is 0 Å². The van der Waals surface area contributed by atoms with Crippen LogP contribution >= 0.6 is 34.7 Å². The van der Waals surface area contributed by atoms with E-state index in [1.165, 1.54) is 23.1 Å². The van der Waals surface area contributed by atoms with Crippen molar-refractivity contribution < 1.29 is 9.53 Å². The van der Waals surface area contributed by atoms with Crippen LogP contribution in [0.25, 0.3) is 0 Å². The quantitative estimate of drug-likeness (QED) is 0.425. The number of thioether (sulfide) groups is 1. The van der Waals surface area contributed by atoms with Crippen LogP contribution in [0, 0.1) is 13.8 Å². The van der Waals surface area contributed by atoms with E-state index in [2.05, 4.69) is 21.6 Å². The zero-order valence-corrected chi connectivity index (χ0v) is 17.2. The lowest BCUT2D eigenvalue weighted by Gasteiger charge is -2.07. The molecule has 1 heterocycles. The molecule has 0 aliphatic carbocycles. The van der Waals surface area contributed by atoms with Gasteiger partial charge in [0, 0.05) is 10.8 Å². The van der Waals surface area contributed by atoms with Crippen molar-refractivity contribution in [3.8, 4) is 5.75 Å². The molecular formula is C19H18ClN3O2S2. The minimum Gasteiger partial charge on any atom is -0.484 e. The first-order valence-corrected chi connectivity index (χ1v) is 10.4. The van der Waals surface area contributed by atoms with Gasteiger partial charge in [0.25, 0.3) is 5.91 Å². The molecule has 1 aromatic heterocycles. The van der Waals surface area contributed by atoms with Gasteiger partial charge in [-0.05, 0) is 48.7 Å². The van der Waals surface area contributed by atoms with Crippen LogP contribution in [-0.2, 0) is 10.5 Å². The topological polar surface area (TPSA) is 64.1 Å². The number of carbonyl (C=O) groups is 1. The molecular weight excluding hydrogens is 402 g/mol. The molecule has 3 rings (SSSR count). The third-order valence-corrected chi connectivity index (χ3v) is 5.92. The molecule has 5 nitrogen and oxygen atoms in total. The Morgan fingerprint density at radius 3 is 2.67 bits per heavy atom. The molecule has 2 aromatic carbocycles. The predicted octanol–water partition coefficient (Wildman–Crippen LogP) is 5.12. The molecule has 1 amide bonds. The van der Waals surface area contributed by atoms with E-state index < -0.39 is 0 Å². The van der Waals surface area contributed by atoms with Crippen LogP contribution in [-0.4, -0.2) is 22.7 Å². The summed E-state index contributed by atoms with van der Waals surface area (Å²) < 4.78 is 6.32. The maximum absolute atomic E-state index is 12.1. The molecule has 0 spiro atoms. The molecule has 0 aliphatic heterocycles. The largest absolute Gasteiger partial charge is 0.484 e. The Morgan fingerprint density at radius 1 is 1.19 bits per heavy atom. The minimum absolute atomic E-state index is 0.0788. The molecule has 0 saturated carbocycles. The van der Waals surface area contributed by atoms with E-state index in [0.717, 1.165) is 26.1 Å². The van der Waals surface area contributed by atoms with Gasteiger partial charge in [-0.25, -0.2) is 0 Å². The van der Waals surface area contributed by atoms with Crippen molar-refractivity contribution in [1.29, 1.82) is 0 Å². The van der Waals surface area contributed by atoms with Gasteiger partial charge >= 0.3 is 0 Å². The molecule has 0 radical (unpaired) electrons. The number of anilines is 1. The number of aryl methyl sites for hydroxylation is 2. The van der Waals surface area contributed by atoms with Gasteiger partial charge in [0.15, 0.2) is 10.9 Å². The molecule has 140 valence electrons. The molecule has 0 atom stereocenters. The Bertz CT molecular complexity index is 926. The zero-order chi connectivity index (χ0) is 19.2. The molecule has 3 aromatic rings. The summed E-state index contributed by atoms with van der Waals surface area (Å²) in [4.78, 5) is 12.1. The second kappa shape index (κ2) is 9.21. The highest BCUT2D eigenvalue weighted by atomic mass is 35.5. The summed E-state index contributed by atoms with van der Waals surface area (Å²) >= 11 is 9.00. The molecule has 0 saturated heterocycles. The standard InChI is InChI=1S/C19H18ClN3O2S2/c1-12-7-13(2)9-15(8-12)25-10-17(24)21-18-22-23-19(27-18)26-11-14-5-3-4-6-16(14)20/h3-9H,10-11H2,1-2H3,(H,21,22,24). The molecule has 0 unspecified atom stereocenters. The number of benzene rings is 2. The third-order valence-electron chi connectivity index (χ3n) is 3.53. The number of ether oxygens (including phenoxy) is 1. The Kier molecular flexibility index (Phi) is 6.71. The predicted molar refractivity (Wildman–Crippen MR) is 111 cm³/mol. The molecule has 27 heavy (non-hydrogen) atoms. The first kappa shape index (κ1) is 19.7. The fraction of sp³-hybridized carbons (Fsp3) is 0.211. The Hall–Kier alpha value is -2.09. The summed E-state index contributed by atoms with van der Waals surface area (Å²) in [5.41, 5.74) is 3.22. The van der Waals surface area contributed by atoms with Crippen molar-refractivity contribution in [2.75, 3.05) is 11.9 Å². The van der Waals surface area contributed by atoms with Crippen molar-refractivity contribution in [3.63, 3.8) is 0 Å². The molecule has 0 fully saturated rings. The summed E-state index contributed by atoms with van der Waals surface area (Å²) in [5, 5.41) is 12.0. The van der Waals surface area contributed by atoms with Crippen LogP contribution in [0.5, 0.6) is 5.75 Å². The van der Waals surface area contributed by atoms with E-state index in [0.29, 0.717) is 16.6 Å². The van der Waals surface area contributed by atoms with E-state index in [1.807, 2.05) is 50.2 Å². The smallest absolute Gasteiger partial charge is 0.264 e. The molecule has 1 N–H and O–H groups in total. The Morgan fingerprint density at radius 2 is 1.93 bits per heavy atom. The number of rotatable bonds is 7. The van der Waals surface area contributed by atoms with Gasteiger partial charge < -0.3 is 4.74 Å². The van der Waals surface area contributed by atoms with Crippen LogP contribution < -0.4 is 10.1 Å². The summed E-state index contributed by atoms with van der Waals surface area (Å²) in [6.45, 7) is 3.90. The summed E-state index contributed by atoms with van der Waals surface area (Å²) in [7, 11) is 0. The van der Waals surface area contributed by atoms with Gasteiger partial charge in [-0.1, -0.05) is 59.0 Å². The monoisotopic (exact) mass is 419 g/mol.